The number of anilines is 1. The van der Waals surface area contributed by atoms with Crippen molar-refractivity contribution in [3.8, 4) is 5.75 Å². The number of hydrogen-bond donors (Lipinski definition) is 2. The minimum atomic E-state index is -4.24. The van der Waals surface area contributed by atoms with E-state index in [1.165, 1.54) is 24.9 Å². The Hall–Kier alpha value is -2.87. The second-order valence-electron chi connectivity index (χ2n) is 10.1. The van der Waals surface area contributed by atoms with E-state index < -0.39 is 56.4 Å². The Balaban J connectivity index is 1.61. The second kappa shape index (κ2) is 12.6. The van der Waals surface area contributed by atoms with Crippen molar-refractivity contribution in [1.29, 1.82) is 0 Å². The van der Waals surface area contributed by atoms with Crippen LogP contribution in [0.2, 0.25) is 5.28 Å². The Labute approximate surface area is 241 Å². The maximum Gasteiger partial charge on any atom is 0.459 e. The molecule has 0 aliphatic carbocycles. The highest BCUT2D eigenvalue weighted by molar-refractivity contribution is 7.52. The molecule has 1 aliphatic heterocycles. The minimum absolute atomic E-state index is 0.0295. The van der Waals surface area contributed by atoms with Gasteiger partial charge in [-0.1, -0.05) is 25.1 Å². The lowest BCUT2D eigenvalue weighted by atomic mass is 9.82. The molecule has 3 heterocycles. The van der Waals surface area contributed by atoms with Gasteiger partial charge in [0.05, 0.1) is 37.2 Å². The molecule has 1 aliphatic rings. The third-order valence-electron chi connectivity index (χ3n) is 6.49. The van der Waals surface area contributed by atoms with Crippen molar-refractivity contribution in [3.05, 3.63) is 41.9 Å². The van der Waals surface area contributed by atoms with Crippen LogP contribution >= 0.6 is 19.3 Å². The van der Waals surface area contributed by atoms with E-state index in [1.807, 2.05) is 0 Å². The van der Waals surface area contributed by atoms with E-state index in [1.54, 1.807) is 51.1 Å². The quantitative estimate of drug-likeness (QED) is 0.171. The number of methoxy groups -OCH3 is 1. The molecule has 0 spiro atoms. The lowest BCUT2D eigenvalue weighted by Gasteiger charge is -2.31. The predicted molar refractivity (Wildman–Crippen MR) is 148 cm³/mol. The third-order valence-corrected chi connectivity index (χ3v) is 8.30. The Morgan fingerprint density at radius 1 is 1.29 bits per heavy atom. The van der Waals surface area contributed by atoms with Gasteiger partial charge in [0.15, 0.2) is 23.9 Å². The molecule has 0 bridgehead atoms. The molecule has 3 unspecified atom stereocenters. The molecule has 16 heteroatoms. The molecule has 41 heavy (non-hydrogen) atoms. The number of alkyl halides is 1. The largest absolute Gasteiger partial charge is 0.462 e. The van der Waals surface area contributed by atoms with Crippen molar-refractivity contribution in [2.24, 2.45) is 5.41 Å². The van der Waals surface area contributed by atoms with Gasteiger partial charge in [-0.15, -0.1) is 0 Å². The minimum Gasteiger partial charge on any atom is -0.462 e. The number of nitrogens with one attached hydrogen (secondary N) is 1. The summed E-state index contributed by atoms with van der Waals surface area (Å²) < 4.78 is 59.7. The van der Waals surface area contributed by atoms with Gasteiger partial charge in [-0.3, -0.25) is 13.9 Å². The molecule has 0 saturated carbocycles. The van der Waals surface area contributed by atoms with Gasteiger partial charge in [0.1, 0.15) is 17.3 Å². The summed E-state index contributed by atoms with van der Waals surface area (Å²) in [6.45, 7) is 5.99. The average molecular weight is 615 g/mol. The van der Waals surface area contributed by atoms with Crippen molar-refractivity contribution >= 4 is 42.3 Å². The van der Waals surface area contributed by atoms with Gasteiger partial charge in [-0.05, 0) is 44.5 Å². The molecule has 3 N–H and O–H groups in total. The van der Waals surface area contributed by atoms with Crippen LogP contribution in [0.5, 0.6) is 5.75 Å². The van der Waals surface area contributed by atoms with Crippen molar-refractivity contribution in [3.63, 3.8) is 0 Å². The lowest BCUT2D eigenvalue weighted by molar-refractivity contribution is -0.149. The zero-order valence-electron chi connectivity index (χ0n) is 23.2. The molecule has 1 saturated heterocycles. The smallest absolute Gasteiger partial charge is 0.459 e. The Kier molecular flexibility index (Phi) is 9.52. The maximum absolute atomic E-state index is 16.2. The van der Waals surface area contributed by atoms with Gasteiger partial charge >= 0.3 is 13.7 Å². The number of carbonyl (C=O) groups excluding carboxylic acids is 1. The van der Waals surface area contributed by atoms with E-state index in [0.29, 0.717) is 0 Å². The third kappa shape index (κ3) is 6.79. The fourth-order valence-corrected chi connectivity index (χ4v) is 6.07. The number of nitrogens with two attached hydrogens (primary N) is 1. The number of imidazole rings is 1. The summed E-state index contributed by atoms with van der Waals surface area (Å²) in [6.07, 6.45) is -2.96. The summed E-state index contributed by atoms with van der Waals surface area (Å²) in [5.74, 6) is -0.403. The highest BCUT2D eigenvalue weighted by Gasteiger charge is 2.56. The molecule has 4 rings (SSSR count). The summed E-state index contributed by atoms with van der Waals surface area (Å²) in [6, 6.07) is 7.21. The molecule has 1 fully saturated rings. The number of benzene rings is 1. The van der Waals surface area contributed by atoms with Crippen LogP contribution in [0, 0.1) is 5.41 Å². The summed E-state index contributed by atoms with van der Waals surface area (Å²) in [4.78, 5) is 24.7. The van der Waals surface area contributed by atoms with Gasteiger partial charge in [-0.2, -0.15) is 15.1 Å². The zero-order valence-corrected chi connectivity index (χ0v) is 24.8. The fraction of sp³-hybridized carbons (Fsp3) is 0.520. The first kappa shape index (κ1) is 31.1. The first-order valence-electron chi connectivity index (χ1n) is 12.8. The fourth-order valence-electron chi connectivity index (χ4n) is 4.41. The van der Waals surface area contributed by atoms with E-state index in [2.05, 4.69) is 20.0 Å². The molecule has 2 aromatic heterocycles. The summed E-state index contributed by atoms with van der Waals surface area (Å²) in [5.41, 5.74) is 5.03. The normalized spacial score (nSPS) is 24.8. The molecular formula is C25H33ClFN6O7P. The van der Waals surface area contributed by atoms with Crippen LogP contribution in [0.25, 0.3) is 11.2 Å². The van der Waals surface area contributed by atoms with E-state index in [-0.39, 0.29) is 34.6 Å². The highest BCUT2D eigenvalue weighted by atomic mass is 35.5. The molecule has 1 aromatic carbocycles. The first-order valence-corrected chi connectivity index (χ1v) is 14.7. The Morgan fingerprint density at radius 3 is 2.66 bits per heavy atom. The maximum atomic E-state index is 16.2. The number of ether oxygens (including phenoxy) is 3. The van der Waals surface area contributed by atoms with Crippen LogP contribution in [0.1, 0.15) is 33.9 Å². The number of rotatable bonds is 12. The lowest BCUT2D eigenvalue weighted by Crippen LogP contribution is -2.42. The van der Waals surface area contributed by atoms with Crippen LogP contribution in [0.15, 0.2) is 36.7 Å². The number of nitrogen functional groups attached to an aromatic ring is 1. The summed E-state index contributed by atoms with van der Waals surface area (Å²) >= 11 is 5.99. The molecule has 224 valence electrons. The van der Waals surface area contributed by atoms with Crippen molar-refractivity contribution in [2.45, 2.75) is 58.3 Å². The van der Waals surface area contributed by atoms with Crippen molar-refractivity contribution in [2.75, 3.05) is 26.1 Å². The van der Waals surface area contributed by atoms with Gasteiger partial charge in [-0.25, -0.2) is 13.9 Å². The first-order chi connectivity index (χ1) is 19.4. The second-order valence-corrected chi connectivity index (χ2v) is 12.1. The number of nitrogens with zero attached hydrogens (tertiary/aromatic N) is 4. The van der Waals surface area contributed by atoms with Crippen molar-refractivity contribution in [1.82, 2.24) is 24.6 Å². The number of para-hydroxylation sites is 1. The van der Waals surface area contributed by atoms with Crippen LogP contribution in [-0.4, -0.2) is 70.2 Å². The van der Waals surface area contributed by atoms with E-state index in [0.717, 1.165) is 0 Å². The summed E-state index contributed by atoms with van der Waals surface area (Å²) in [7, 11) is -2.81. The van der Waals surface area contributed by atoms with Gasteiger partial charge in [0.2, 0.25) is 5.28 Å². The standard InChI is InChI=1S/C25H33ClFN6O7P/c1-14(2)38-23(34)15(3)32-41(35,40-16-9-7-6-8-10-16)37-11-17-25(4,12-36-5)19(27)22(39-17)33-13-29-18-20(28)30-24(26)31-21(18)33/h6-10,13-15,17,19,22H,11-12H2,1-5H3,(H,32,35)(H2,28,30,31)/t15-,17+,19?,22+,25?,41?/m0/s1. The van der Waals surface area contributed by atoms with Gasteiger partial charge in [0, 0.05) is 7.11 Å². The molecule has 0 radical (unpaired) electrons. The van der Waals surface area contributed by atoms with Crippen LogP contribution in [0.4, 0.5) is 10.2 Å². The SMILES string of the molecule is COCC1(C)C(F)[C@H](n2cnc3c(N)nc(Cl)nc32)O[C@@H]1COP(=O)(N[C@@H](C)C(=O)OC(C)C)Oc1ccccc1. The molecule has 3 aromatic rings. The van der Waals surface area contributed by atoms with Crippen LogP contribution in [0.3, 0.4) is 0 Å². The monoisotopic (exact) mass is 614 g/mol. The topological polar surface area (TPSA) is 162 Å². The predicted octanol–water partition coefficient (Wildman–Crippen LogP) is 4.08. The van der Waals surface area contributed by atoms with E-state index >= 15 is 4.39 Å². The van der Waals surface area contributed by atoms with Gasteiger partial charge < -0.3 is 24.5 Å². The summed E-state index contributed by atoms with van der Waals surface area (Å²) in [5, 5.41) is 2.47. The molecule has 0 amide bonds. The number of halogens is 2. The number of esters is 1. The molecule has 6 atom stereocenters. The Morgan fingerprint density at radius 2 is 2.00 bits per heavy atom. The molecular weight excluding hydrogens is 582 g/mol. The zero-order chi connectivity index (χ0) is 29.9. The van der Waals surface area contributed by atoms with Crippen LogP contribution in [-0.2, 0) is 28.1 Å². The Bertz CT molecular complexity index is 1420. The van der Waals surface area contributed by atoms with Crippen LogP contribution < -0.4 is 15.3 Å². The highest BCUT2D eigenvalue weighted by Crippen LogP contribution is 2.50. The van der Waals surface area contributed by atoms with E-state index in [4.69, 9.17) is 40.6 Å². The van der Waals surface area contributed by atoms with E-state index in [9.17, 15) is 9.36 Å². The average Bonchev–Trinajstić information content (AvgIpc) is 3.42. The molecule has 13 nitrogen and oxygen atoms in total. The number of hydrogen-bond acceptors (Lipinski definition) is 11. The number of aromatic nitrogens is 4. The number of fused-ring (bicyclic) bond motifs is 1. The number of carbonyl (C=O) groups is 1. The van der Waals surface area contributed by atoms with Crippen molar-refractivity contribution < 1.29 is 37.0 Å². The van der Waals surface area contributed by atoms with Gasteiger partial charge in [0.25, 0.3) is 0 Å².